The average Bonchev–Trinajstić information content (AvgIpc) is 2.75. The van der Waals surface area contributed by atoms with E-state index in [9.17, 15) is 23.6 Å². The minimum absolute atomic E-state index is 0.0688. The fourth-order valence-electron chi connectivity index (χ4n) is 7.36. The number of carbonyl (C=O) groups excluding carboxylic acids is 2. The molecule has 0 aromatic rings. The zero-order valence-corrected chi connectivity index (χ0v) is 20.0. The first-order chi connectivity index (χ1) is 15.6. The van der Waals surface area contributed by atoms with Gasteiger partial charge in [0.1, 0.15) is 17.6 Å². The number of carbonyl (C=O) groups is 2. The van der Waals surface area contributed by atoms with Gasteiger partial charge in [0.15, 0.2) is 0 Å². The van der Waals surface area contributed by atoms with Crippen LogP contribution in [0.25, 0.3) is 0 Å². The molecule has 0 saturated heterocycles. The normalized spacial score (nSPS) is 37.9. The van der Waals surface area contributed by atoms with Gasteiger partial charge in [0.2, 0.25) is 0 Å². The van der Waals surface area contributed by atoms with Gasteiger partial charge in [-0.15, -0.1) is 0 Å². The van der Waals surface area contributed by atoms with Crippen LogP contribution in [0.2, 0.25) is 0 Å². The van der Waals surface area contributed by atoms with Gasteiger partial charge in [0.05, 0.1) is 12.5 Å². The van der Waals surface area contributed by atoms with E-state index >= 15 is 0 Å². The van der Waals surface area contributed by atoms with E-state index in [2.05, 4.69) is 23.2 Å². The van der Waals surface area contributed by atoms with Crippen molar-refractivity contribution in [3.8, 4) is 0 Å². The van der Waals surface area contributed by atoms with Crippen LogP contribution < -0.4 is 5.26 Å². The topological polar surface area (TPSA) is 94.1 Å². The lowest BCUT2D eigenvalue weighted by Gasteiger charge is -2.61. The third kappa shape index (κ3) is 5.49. The van der Waals surface area contributed by atoms with E-state index < -0.39 is 34.3 Å². The molecule has 0 aromatic heterocycles. The maximum Gasteiger partial charge on any atom is 0.415 e. The van der Waals surface area contributed by atoms with Gasteiger partial charge in [-0.25, -0.2) is 4.79 Å². The summed E-state index contributed by atoms with van der Waals surface area (Å²) in [6, 6.07) is 0. The number of halogens is 2. The molecule has 33 heavy (non-hydrogen) atoms. The molecular formula is C23H33F2O7S-. The molecular weight excluding hydrogens is 458 g/mol. The number of hydrogen-bond donors (Lipinski definition) is 0. The Kier molecular flexibility index (Phi) is 7.30. The Balaban J connectivity index is 1.37. The molecule has 0 spiro atoms. The van der Waals surface area contributed by atoms with E-state index in [0.29, 0.717) is 30.1 Å². The van der Waals surface area contributed by atoms with Crippen molar-refractivity contribution in [2.24, 2.45) is 35.0 Å². The summed E-state index contributed by atoms with van der Waals surface area (Å²) >= 11 is -0.683. The lowest BCUT2D eigenvalue weighted by Crippen LogP contribution is -2.59. The van der Waals surface area contributed by atoms with Crippen LogP contribution in [0.5, 0.6) is 0 Å². The summed E-state index contributed by atoms with van der Waals surface area (Å²) in [6.45, 7) is 4.29. The van der Waals surface area contributed by atoms with Crippen molar-refractivity contribution in [3.63, 3.8) is 0 Å². The molecule has 0 aliphatic heterocycles. The van der Waals surface area contributed by atoms with E-state index in [0.717, 1.165) is 57.8 Å². The first-order valence-corrected chi connectivity index (χ1v) is 12.7. The molecule has 5 fully saturated rings. The van der Waals surface area contributed by atoms with Gasteiger partial charge in [-0.3, -0.25) is 9.83 Å². The average molecular weight is 492 g/mol. The van der Waals surface area contributed by atoms with Crippen LogP contribution >= 0.6 is 12.0 Å². The van der Waals surface area contributed by atoms with E-state index in [-0.39, 0.29) is 18.5 Å². The van der Waals surface area contributed by atoms with E-state index in [4.69, 9.17) is 9.47 Å². The Labute approximate surface area is 197 Å². The van der Waals surface area contributed by atoms with Crippen LogP contribution in [0.4, 0.5) is 8.78 Å². The van der Waals surface area contributed by atoms with Gasteiger partial charge in [-0.05, 0) is 87.9 Å². The van der Waals surface area contributed by atoms with E-state index in [1.807, 2.05) is 0 Å². The fraction of sp³-hybridized carbons (Fsp3) is 0.913. The number of esters is 2. The Hall–Kier alpha value is -0.970. The molecule has 0 heterocycles. The smallest absolute Gasteiger partial charge is 0.415 e. The molecule has 188 valence electrons. The van der Waals surface area contributed by atoms with Crippen molar-refractivity contribution in [2.75, 3.05) is 6.61 Å². The molecule has 5 aliphatic rings. The highest BCUT2D eigenvalue weighted by atomic mass is 32.2. The Morgan fingerprint density at radius 1 is 1.09 bits per heavy atom. The van der Waals surface area contributed by atoms with Crippen LogP contribution in [0.3, 0.4) is 0 Å². The minimum atomic E-state index is -4.05. The largest absolute Gasteiger partial charge is 0.691 e. The molecule has 0 radical (unpaired) electrons. The third-order valence-corrected chi connectivity index (χ3v) is 8.91. The summed E-state index contributed by atoms with van der Waals surface area (Å²) in [5, 5.41) is 8.65. The molecule has 10 heteroatoms. The quantitative estimate of drug-likeness (QED) is 0.204. The van der Waals surface area contributed by atoms with Crippen molar-refractivity contribution in [1.82, 2.24) is 0 Å². The Morgan fingerprint density at radius 2 is 1.73 bits per heavy atom. The molecule has 2 unspecified atom stereocenters. The fourth-order valence-corrected chi connectivity index (χ4v) is 7.60. The maximum atomic E-state index is 13.8. The molecule has 5 saturated carbocycles. The number of ether oxygens (including phenoxy) is 2. The summed E-state index contributed by atoms with van der Waals surface area (Å²) in [4.78, 5) is 25.0. The molecule has 0 amide bonds. The van der Waals surface area contributed by atoms with Gasteiger partial charge in [-0.2, -0.15) is 13.1 Å². The van der Waals surface area contributed by atoms with Crippen LogP contribution in [0, 0.1) is 35.0 Å². The number of rotatable bonds is 9. The van der Waals surface area contributed by atoms with Gasteiger partial charge in [0.25, 0.3) is 0 Å². The van der Waals surface area contributed by atoms with Crippen LogP contribution in [-0.2, 0) is 28.4 Å². The minimum Gasteiger partial charge on any atom is -0.691 e. The SMILES string of the molecule is CC(C)C1CCC(C(=O)OC23CC4CC(CC(COC(=O)C(F)(F)SOO[O-])(C4)C2)C3)CC1. The van der Waals surface area contributed by atoms with Crippen LogP contribution in [0.15, 0.2) is 0 Å². The molecule has 0 aromatic carbocycles. The number of alkyl halides is 2. The monoisotopic (exact) mass is 491 g/mol. The molecule has 7 nitrogen and oxygen atoms in total. The summed E-state index contributed by atoms with van der Waals surface area (Å²) in [7, 11) is 0. The van der Waals surface area contributed by atoms with Crippen LogP contribution in [-0.4, -0.2) is 29.4 Å². The zero-order chi connectivity index (χ0) is 23.9. The molecule has 5 rings (SSSR count). The van der Waals surface area contributed by atoms with Gasteiger partial charge in [-0.1, -0.05) is 13.8 Å². The Morgan fingerprint density at radius 3 is 2.30 bits per heavy atom. The Bertz CT molecular complexity index is 724. The second-order valence-electron chi connectivity index (χ2n) is 11.2. The van der Waals surface area contributed by atoms with Crippen LogP contribution in [0.1, 0.15) is 78.1 Å². The molecule has 4 bridgehead atoms. The van der Waals surface area contributed by atoms with Crippen molar-refractivity contribution in [1.29, 1.82) is 0 Å². The standard InChI is InChI=1S/C23H34F2O7S/c1-14(2)17-3-5-18(6-4-17)19(26)30-22-10-15-7-16(11-22)9-21(8-15,12-22)13-29-20(27)23(24,25)33-32-31-28/h14-18,28H,3-13H2,1-2H3/p-1. The second-order valence-corrected chi connectivity index (χ2v) is 12.0. The molecule has 2 atom stereocenters. The second kappa shape index (κ2) is 9.59. The lowest BCUT2D eigenvalue weighted by molar-refractivity contribution is -0.777. The highest BCUT2D eigenvalue weighted by molar-refractivity contribution is 7.96. The van der Waals surface area contributed by atoms with Crippen molar-refractivity contribution < 1.29 is 42.5 Å². The summed E-state index contributed by atoms with van der Waals surface area (Å²) in [6.07, 6.45) is 8.51. The first kappa shape index (κ1) is 25.1. The highest BCUT2D eigenvalue weighted by Gasteiger charge is 2.60. The molecule has 0 N–H and O–H groups in total. The third-order valence-electron chi connectivity index (χ3n) is 8.41. The summed E-state index contributed by atoms with van der Waals surface area (Å²) in [5.41, 5.74) is -1.05. The zero-order valence-electron chi connectivity index (χ0n) is 19.2. The predicted molar refractivity (Wildman–Crippen MR) is 112 cm³/mol. The lowest BCUT2D eigenvalue weighted by atomic mass is 9.48. The maximum absolute atomic E-state index is 13.8. The summed E-state index contributed by atoms with van der Waals surface area (Å²) in [5.74, 6) is -0.00711. The number of hydrogen-bond acceptors (Lipinski definition) is 8. The van der Waals surface area contributed by atoms with Gasteiger partial charge >= 0.3 is 17.2 Å². The molecule has 5 aliphatic carbocycles. The first-order valence-electron chi connectivity index (χ1n) is 12.0. The predicted octanol–water partition coefficient (Wildman–Crippen LogP) is 4.34. The van der Waals surface area contributed by atoms with Crippen molar-refractivity contribution in [2.45, 2.75) is 88.9 Å². The van der Waals surface area contributed by atoms with Crippen molar-refractivity contribution >= 4 is 24.0 Å². The van der Waals surface area contributed by atoms with Gasteiger partial charge < -0.3 is 14.7 Å². The van der Waals surface area contributed by atoms with Gasteiger partial charge in [0, 0.05) is 5.41 Å². The van der Waals surface area contributed by atoms with Crippen molar-refractivity contribution in [3.05, 3.63) is 0 Å². The summed E-state index contributed by atoms with van der Waals surface area (Å²) < 4.78 is 42.4. The highest BCUT2D eigenvalue weighted by Crippen LogP contribution is 2.63. The van der Waals surface area contributed by atoms with E-state index in [1.165, 1.54) is 0 Å². The van der Waals surface area contributed by atoms with E-state index in [1.54, 1.807) is 0 Å².